The van der Waals surface area contributed by atoms with Crippen LogP contribution in [0.3, 0.4) is 0 Å². The quantitative estimate of drug-likeness (QED) is 0.753. The topological polar surface area (TPSA) is 46.1 Å². The molecule has 2 heterocycles. The fraction of sp³-hybridized carbons (Fsp3) is 0.545. The van der Waals surface area contributed by atoms with E-state index in [2.05, 4.69) is 23.7 Å². The van der Waals surface area contributed by atoms with Gasteiger partial charge in [0.25, 0.3) is 0 Å². The van der Waals surface area contributed by atoms with Crippen molar-refractivity contribution < 1.29 is 4.79 Å². The first-order valence-corrected chi connectivity index (χ1v) is 6.31. The number of amides is 1. The minimum absolute atomic E-state index is 0.129. The van der Waals surface area contributed by atoms with Crippen LogP contribution in [0.1, 0.15) is 24.8 Å². The molecule has 1 fully saturated rings. The normalized spacial score (nSPS) is 20.4. The van der Waals surface area contributed by atoms with Gasteiger partial charge in [-0.1, -0.05) is 24.3 Å². The molecule has 1 aliphatic rings. The standard InChI is InChI=1S/C11H15N3OS/c1-3-5-9-12-13-11(16-9)14-7-8(4-2)6-10(14)15/h4,8H,2-3,5-7H2,1H3. The smallest absolute Gasteiger partial charge is 0.229 e. The summed E-state index contributed by atoms with van der Waals surface area (Å²) in [5.41, 5.74) is 0. The predicted molar refractivity (Wildman–Crippen MR) is 64.6 cm³/mol. The van der Waals surface area contributed by atoms with Crippen LogP contribution in [0.25, 0.3) is 0 Å². The number of carbonyl (C=O) groups excluding carboxylic acids is 1. The van der Waals surface area contributed by atoms with Crippen LogP contribution in [0.4, 0.5) is 5.13 Å². The summed E-state index contributed by atoms with van der Waals surface area (Å²) >= 11 is 1.52. The molecule has 1 aromatic heterocycles. The molecule has 4 nitrogen and oxygen atoms in total. The fourth-order valence-corrected chi connectivity index (χ4v) is 2.71. The minimum atomic E-state index is 0.129. The van der Waals surface area contributed by atoms with Crippen LogP contribution in [0, 0.1) is 5.92 Å². The molecule has 0 saturated carbocycles. The number of aryl methyl sites for hydroxylation is 1. The van der Waals surface area contributed by atoms with Gasteiger partial charge < -0.3 is 0 Å². The average molecular weight is 237 g/mol. The summed E-state index contributed by atoms with van der Waals surface area (Å²) in [5.74, 6) is 0.384. The summed E-state index contributed by atoms with van der Waals surface area (Å²) in [4.78, 5) is 13.5. The monoisotopic (exact) mass is 237 g/mol. The predicted octanol–water partition coefficient (Wildman–Crippen LogP) is 2.03. The van der Waals surface area contributed by atoms with Gasteiger partial charge in [-0.25, -0.2) is 0 Å². The van der Waals surface area contributed by atoms with E-state index in [0.717, 1.165) is 23.0 Å². The van der Waals surface area contributed by atoms with Crippen LogP contribution >= 0.6 is 11.3 Å². The van der Waals surface area contributed by atoms with Gasteiger partial charge in [-0.3, -0.25) is 9.69 Å². The highest BCUT2D eigenvalue weighted by atomic mass is 32.1. The van der Waals surface area contributed by atoms with E-state index in [-0.39, 0.29) is 11.8 Å². The molecular weight excluding hydrogens is 222 g/mol. The molecule has 0 aromatic carbocycles. The third kappa shape index (κ3) is 2.14. The van der Waals surface area contributed by atoms with Crippen molar-refractivity contribution in [1.82, 2.24) is 10.2 Å². The van der Waals surface area contributed by atoms with Gasteiger partial charge in [-0.2, -0.15) is 0 Å². The zero-order chi connectivity index (χ0) is 11.5. The van der Waals surface area contributed by atoms with Gasteiger partial charge in [0.15, 0.2) is 0 Å². The van der Waals surface area contributed by atoms with E-state index in [1.54, 1.807) is 4.90 Å². The Morgan fingerprint density at radius 3 is 3.06 bits per heavy atom. The summed E-state index contributed by atoms with van der Waals surface area (Å²) in [7, 11) is 0. The summed E-state index contributed by atoms with van der Waals surface area (Å²) in [6.45, 7) is 6.53. The Morgan fingerprint density at radius 2 is 2.44 bits per heavy atom. The second-order valence-corrected chi connectivity index (χ2v) is 4.97. The van der Waals surface area contributed by atoms with E-state index in [0.29, 0.717) is 13.0 Å². The minimum Gasteiger partial charge on any atom is -0.286 e. The highest BCUT2D eigenvalue weighted by Crippen LogP contribution is 2.28. The van der Waals surface area contributed by atoms with Crippen molar-refractivity contribution in [3.63, 3.8) is 0 Å². The summed E-state index contributed by atoms with van der Waals surface area (Å²) < 4.78 is 0. The van der Waals surface area contributed by atoms with Gasteiger partial charge in [-0.05, 0) is 6.42 Å². The van der Waals surface area contributed by atoms with Crippen molar-refractivity contribution >= 4 is 22.4 Å². The Labute approximate surface area is 99.0 Å². The molecule has 86 valence electrons. The highest BCUT2D eigenvalue weighted by molar-refractivity contribution is 7.15. The number of rotatable bonds is 4. The van der Waals surface area contributed by atoms with Crippen molar-refractivity contribution in [1.29, 1.82) is 0 Å². The van der Waals surface area contributed by atoms with Crippen LogP contribution in [0.2, 0.25) is 0 Å². The van der Waals surface area contributed by atoms with Gasteiger partial charge in [0.1, 0.15) is 5.01 Å². The van der Waals surface area contributed by atoms with Crippen molar-refractivity contribution in [2.45, 2.75) is 26.2 Å². The molecule has 16 heavy (non-hydrogen) atoms. The van der Waals surface area contributed by atoms with Crippen LogP contribution < -0.4 is 4.90 Å². The molecule has 0 radical (unpaired) electrons. The van der Waals surface area contributed by atoms with E-state index in [1.807, 2.05) is 6.08 Å². The molecule has 1 unspecified atom stereocenters. The lowest BCUT2D eigenvalue weighted by Crippen LogP contribution is -2.24. The second-order valence-electron chi connectivity index (χ2n) is 3.93. The maximum atomic E-state index is 11.7. The first-order chi connectivity index (χ1) is 7.74. The number of aromatic nitrogens is 2. The molecule has 1 amide bonds. The number of nitrogens with zero attached hydrogens (tertiary/aromatic N) is 3. The van der Waals surface area contributed by atoms with E-state index in [4.69, 9.17) is 0 Å². The molecule has 1 saturated heterocycles. The molecule has 0 spiro atoms. The zero-order valence-corrected chi connectivity index (χ0v) is 10.2. The lowest BCUT2D eigenvalue weighted by molar-refractivity contribution is -0.117. The summed E-state index contributed by atoms with van der Waals surface area (Å²) in [6.07, 6.45) is 4.38. The van der Waals surface area contributed by atoms with Crippen LogP contribution in [0.5, 0.6) is 0 Å². The Kier molecular flexibility index (Phi) is 3.33. The molecule has 0 aliphatic carbocycles. The van der Waals surface area contributed by atoms with Crippen LogP contribution in [-0.2, 0) is 11.2 Å². The highest BCUT2D eigenvalue weighted by Gasteiger charge is 2.30. The van der Waals surface area contributed by atoms with E-state index in [1.165, 1.54) is 11.3 Å². The Bertz CT molecular complexity index is 402. The lowest BCUT2D eigenvalue weighted by Gasteiger charge is -2.10. The number of hydrogen-bond donors (Lipinski definition) is 0. The number of anilines is 1. The maximum Gasteiger partial charge on any atom is 0.229 e. The lowest BCUT2D eigenvalue weighted by atomic mass is 10.1. The Morgan fingerprint density at radius 1 is 1.62 bits per heavy atom. The van der Waals surface area contributed by atoms with Crippen molar-refractivity contribution in [3.8, 4) is 0 Å². The summed E-state index contributed by atoms with van der Waals surface area (Å²) in [6, 6.07) is 0. The van der Waals surface area contributed by atoms with Crippen LogP contribution in [0.15, 0.2) is 12.7 Å². The van der Waals surface area contributed by atoms with Gasteiger partial charge in [-0.15, -0.1) is 16.8 Å². The van der Waals surface area contributed by atoms with Gasteiger partial charge >= 0.3 is 0 Å². The molecule has 1 atom stereocenters. The van der Waals surface area contributed by atoms with E-state index in [9.17, 15) is 4.79 Å². The molecule has 0 bridgehead atoms. The van der Waals surface area contributed by atoms with Crippen molar-refractivity contribution in [2.75, 3.05) is 11.4 Å². The van der Waals surface area contributed by atoms with Crippen molar-refractivity contribution in [2.24, 2.45) is 5.92 Å². The SMILES string of the molecule is C=CC1CC(=O)N(c2nnc(CCC)s2)C1. The Balaban J connectivity index is 2.11. The molecule has 2 rings (SSSR count). The molecular formula is C11H15N3OS. The molecule has 1 aliphatic heterocycles. The van der Waals surface area contributed by atoms with E-state index >= 15 is 0 Å². The third-order valence-electron chi connectivity index (χ3n) is 2.64. The first-order valence-electron chi connectivity index (χ1n) is 5.50. The van der Waals surface area contributed by atoms with Gasteiger partial charge in [0.2, 0.25) is 11.0 Å². The van der Waals surface area contributed by atoms with Gasteiger partial charge in [0, 0.05) is 25.3 Å². The van der Waals surface area contributed by atoms with E-state index < -0.39 is 0 Å². The third-order valence-corrected chi connectivity index (χ3v) is 3.65. The molecule has 1 aromatic rings. The zero-order valence-electron chi connectivity index (χ0n) is 9.35. The largest absolute Gasteiger partial charge is 0.286 e. The fourth-order valence-electron chi connectivity index (χ4n) is 1.75. The maximum absolute atomic E-state index is 11.7. The first kappa shape index (κ1) is 11.3. The molecule has 5 heteroatoms. The Hall–Kier alpha value is -1.23. The van der Waals surface area contributed by atoms with Crippen LogP contribution in [-0.4, -0.2) is 22.6 Å². The average Bonchev–Trinajstić information content (AvgIpc) is 2.85. The van der Waals surface area contributed by atoms with Crippen molar-refractivity contribution in [3.05, 3.63) is 17.7 Å². The second kappa shape index (κ2) is 4.74. The number of carbonyl (C=O) groups is 1. The van der Waals surface area contributed by atoms with Gasteiger partial charge in [0.05, 0.1) is 0 Å². The number of hydrogen-bond acceptors (Lipinski definition) is 4. The summed E-state index contributed by atoms with van der Waals surface area (Å²) in [5, 5.41) is 9.90. The molecule has 0 N–H and O–H groups in total.